The molecule has 2 aliphatic rings. The minimum Gasteiger partial charge on any atom is -0.397 e. The number of carbonyl (C=O) groups excluding carboxylic acids is 1. The van der Waals surface area contributed by atoms with Crippen molar-refractivity contribution >= 4 is 17.3 Å². The van der Waals surface area contributed by atoms with Crippen molar-refractivity contribution in [3.8, 4) is 0 Å². The molecule has 1 amide bonds. The van der Waals surface area contributed by atoms with E-state index in [4.69, 9.17) is 5.73 Å². The smallest absolute Gasteiger partial charge is 0.232 e. The molecule has 1 heterocycles. The van der Waals surface area contributed by atoms with E-state index in [1.165, 1.54) is 18.4 Å². The van der Waals surface area contributed by atoms with Crippen LogP contribution in [0.1, 0.15) is 38.2 Å². The number of carbonyl (C=O) groups is 1. The molecule has 3 rings (SSSR count). The van der Waals surface area contributed by atoms with Gasteiger partial charge in [0.2, 0.25) is 5.91 Å². The van der Waals surface area contributed by atoms with Crippen molar-refractivity contribution in [2.45, 2.75) is 39.0 Å². The largest absolute Gasteiger partial charge is 0.397 e. The van der Waals surface area contributed by atoms with Gasteiger partial charge in [0.1, 0.15) is 0 Å². The number of nitrogen functional groups attached to an aromatic ring is 1. The van der Waals surface area contributed by atoms with Crippen LogP contribution in [0.5, 0.6) is 0 Å². The number of rotatable bonds is 1. The Balaban J connectivity index is 1.95. The van der Waals surface area contributed by atoms with Gasteiger partial charge in [0.05, 0.1) is 11.4 Å². The minimum atomic E-state index is -0.163. The van der Waals surface area contributed by atoms with Crippen LogP contribution < -0.4 is 10.6 Å². The van der Waals surface area contributed by atoms with E-state index in [-0.39, 0.29) is 11.3 Å². The number of hydrogen-bond acceptors (Lipinski definition) is 2. The summed E-state index contributed by atoms with van der Waals surface area (Å²) >= 11 is 0. The van der Waals surface area contributed by atoms with Crippen molar-refractivity contribution in [3.63, 3.8) is 0 Å². The molecule has 1 aliphatic carbocycles. The molecular formula is C15H20N2O. The maximum atomic E-state index is 12.8. The average molecular weight is 244 g/mol. The summed E-state index contributed by atoms with van der Waals surface area (Å²) < 4.78 is 0. The maximum absolute atomic E-state index is 12.8. The van der Waals surface area contributed by atoms with Gasteiger partial charge < -0.3 is 10.6 Å². The summed E-state index contributed by atoms with van der Waals surface area (Å²) in [4.78, 5) is 14.7. The van der Waals surface area contributed by atoms with Crippen molar-refractivity contribution in [2.75, 3.05) is 17.2 Å². The lowest BCUT2D eigenvalue weighted by molar-refractivity contribution is -0.127. The first-order chi connectivity index (χ1) is 8.62. The molecule has 1 fully saturated rings. The van der Waals surface area contributed by atoms with Gasteiger partial charge in [-0.2, -0.15) is 0 Å². The highest BCUT2D eigenvalue weighted by atomic mass is 16.2. The van der Waals surface area contributed by atoms with Gasteiger partial charge in [-0.1, -0.05) is 31.9 Å². The fourth-order valence-corrected chi connectivity index (χ4v) is 3.38. The Morgan fingerprint density at radius 1 is 1.33 bits per heavy atom. The van der Waals surface area contributed by atoms with Crippen molar-refractivity contribution < 1.29 is 4.79 Å². The third kappa shape index (κ3) is 1.61. The van der Waals surface area contributed by atoms with Crippen LogP contribution in [0.4, 0.5) is 11.4 Å². The minimum absolute atomic E-state index is 0.163. The second-order valence-electron chi connectivity index (χ2n) is 5.83. The number of nitrogens with two attached hydrogens (primary N) is 1. The van der Waals surface area contributed by atoms with E-state index >= 15 is 0 Å². The van der Waals surface area contributed by atoms with E-state index in [1.807, 2.05) is 17.0 Å². The molecule has 0 spiro atoms. The Kier molecular flexibility index (Phi) is 2.58. The molecule has 3 heteroatoms. The number of benzene rings is 1. The highest BCUT2D eigenvalue weighted by Gasteiger charge is 2.41. The monoisotopic (exact) mass is 244 g/mol. The van der Waals surface area contributed by atoms with Gasteiger partial charge in [0.15, 0.2) is 0 Å². The van der Waals surface area contributed by atoms with Gasteiger partial charge >= 0.3 is 0 Å². The summed E-state index contributed by atoms with van der Waals surface area (Å²) in [6.07, 6.45) is 5.32. The van der Waals surface area contributed by atoms with Gasteiger partial charge in [-0.3, -0.25) is 4.79 Å². The predicted octanol–water partition coefficient (Wildman–Crippen LogP) is 2.74. The molecule has 96 valence electrons. The van der Waals surface area contributed by atoms with Gasteiger partial charge in [-0.15, -0.1) is 0 Å². The SMILES string of the molecule is CC1(C(=O)N2CCc3cccc(N)c32)CCCC1. The second kappa shape index (κ2) is 4.01. The fourth-order valence-electron chi connectivity index (χ4n) is 3.38. The van der Waals surface area contributed by atoms with Crippen LogP contribution in [0.2, 0.25) is 0 Å². The molecule has 0 unspecified atom stereocenters. The number of amides is 1. The van der Waals surface area contributed by atoms with E-state index in [9.17, 15) is 4.79 Å². The van der Waals surface area contributed by atoms with Crippen molar-refractivity contribution in [2.24, 2.45) is 5.41 Å². The Morgan fingerprint density at radius 3 is 2.78 bits per heavy atom. The highest BCUT2D eigenvalue weighted by Crippen LogP contribution is 2.43. The third-order valence-corrected chi connectivity index (χ3v) is 4.49. The van der Waals surface area contributed by atoms with Crippen LogP contribution >= 0.6 is 0 Å². The predicted molar refractivity (Wildman–Crippen MR) is 73.5 cm³/mol. The number of para-hydroxylation sites is 1. The molecule has 0 bridgehead atoms. The quantitative estimate of drug-likeness (QED) is 0.772. The first kappa shape index (κ1) is 11.6. The summed E-state index contributed by atoms with van der Waals surface area (Å²) in [6.45, 7) is 2.90. The lowest BCUT2D eigenvalue weighted by atomic mass is 9.87. The highest BCUT2D eigenvalue weighted by molar-refractivity contribution is 6.02. The summed E-state index contributed by atoms with van der Waals surface area (Å²) in [7, 11) is 0. The number of anilines is 2. The van der Waals surface area contributed by atoms with Crippen molar-refractivity contribution in [1.29, 1.82) is 0 Å². The molecule has 3 nitrogen and oxygen atoms in total. The van der Waals surface area contributed by atoms with E-state index in [2.05, 4.69) is 13.0 Å². The third-order valence-electron chi connectivity index (χ3n) is 4.49. The van der Waals surface area contributed by atoms with Gasteiger partial charge in [0, 0.05) is 12.0 Å². The zero-order chi connectivity index (χ0) is 12.8. The molecule has 2 N–H and O–H groups in total. The Labute approximate surface area is 108 Å². The van der Waals surface area contributed by atoms with Crippen LogP contribution in [0, 0.1) is 5.41 Å². The summed E-state index contributed by atoms with van der Waals surface area (Å²) in [5.74, 6) is 0.275. The van der Waals surface area contributed by atoms with Crippen molar-refractivity contribution in [1.82, 2.24) is 0 Å². The summed E-state index contributed by atoms with van der Waals surface area (Å²) in [5, 5.41) is 0. The second-order valence-corrected chi connectivity index (χ2v) is 5.83. The van der Waals surface area contributed by atoms with Crippen LogP contribution in [0.25, 0.3) is 0 Å². The molecule has 1 saturated carbocycles. The molecule has 1 aromatic carbocycles. The van der Waals surface area contributed by atoms with Crippen LogP contribution in [0.3, 0.4) is 0 Å². The van der Waals surface area contributed by atoms with E-state index < -0.39 is 0 Å². The molecular weight excluding hydrogens is 224 g/mol. The van der Waals surface area contributed by atoms with Crippen molar-refractivity contribution in [3.05, 3.63) is 23.8 Å². The molecule has 0 atom stereocenters. The Bertz CT molecular complexity index is 489. The zero-order valence-corrected chi connectivity index (χ0v) is 10.9. The summed E-state index contributed by atoms with van der Waals surface area (Å²) in [6, 6.07) is 5.94. The standard InChI is InChI=1S/C15H20N2O/c1-15(8-2-3-9-15)14(18)17-10-7-11-5-4-6-12(16)13(11)17/h4-6H,2-3,7-10,16H2,1H3. The average Bonchev–Trinajstić information content (AvgIpc) is 2.96. The number of nitrogens with zero attached hydrogens (tertiary/aromatic N) is 1. The Hall–Kier alpha value is -1.51. The first-order valence-electron chi connectivity index (χ1n) is 6.81. The van der Waals surface area contributed by atoms with E-state index in [0.717, 1.165) is 37.2 Å². The van der Waals surface area contributed by atoms with Gasteiger partial charge in [0.25, 0.3) is 0 Å². The topological polar surface area (TPSA) is 46.3 Å². The van der Waals surface area contributed by atoms with Gasteiger partial charge in [-0.25, -0.2) is 0 Å². The maximum Gasteiger partial charge on any atom is 0.232 e. The molecule has 1 aliphatic heterocycles. The first-order valence-corrected chi connectivity index (χ1v) is 6.81. The molecule has 0 aromatic heterocycles. The Morgan fingerprint density at radius 2 is 2.06 bits per heavy atom. The number of fused-ring (bicyclic) bond motifs is 1. The molecule has 18 heavy (non-hydrogen) atoms. The van der Waals surface area contributed by atoms with E-state index in [1.54, 1.807) is 0 Å². The van der Waals surface area contributed by atoms with Crippen LogP contribution in [-0.4, -0.2) is 12.5 Å². The fraction of sp³-hybridized carbons (Fsp3) is 0.533. The molecule has 1 aromatic rings. The normalized spacial score (nSPS) is 21.1. The summed E-state index contributed by atoms with van der Waals surface area (Å²) in [5.41, 5.74) is 8.80. The lowest BCUT2D eigenvalue weighted by Gasteiger charge is -2.29. The van der Waals surface area contributed by atoms with Crippen LogP contribution in [0.15, 0.2) is 18.2 Å². The lowest BCUT2D eigenvalue weighted by Crippen LogP contribution is -2.40. The molecule has 0 radical (unpaired) electrons. The van der Waals surface area contributed by atoms with Gasteiger partial charge in [-0.05, 0) is 30.9 Å². The zero-order valence-electron chi connectivity index (χ0n) is 10.9. The number of hydrogen-bond donors (Lipinski definition) is 1. The molecule has 0 saturated heterocycles. The van der Waals surface area contributed by atoms with E-state index in [0.29, 0.717) is 0 Å². The van der Waals surface area contributed by atoms with Crippen LogP contribution in [-0.2, 0) is 11.2 Å².